The summed E-state index contributed by atoms with van der Waals surface area (Å²) >= 11 is 2.84. The molecule has 3 heterocycles. The van der Waals surface area contributed by atoms with Crippen LogP contribution in [0.2, 0.25) is 0 Å². The Labute approximate surface area is 203 Å². The van der Waals surface area contributed by atoms with Crippen LogP contribution in [0.5, 0.6) is 0 Å². The van der Waals surface area contributed by atoms with Crippen molar-refractivity contribution in [2.75, 3.05) is 0 Å². The number of aromatic amines is 1. The minimum Gasteiger partial charge on any atom is -0.460 e. The van der Waals surface area contributed by atoms with Gasteiger partial charge in [-0.15, -0.1) is 23.1 Å². The first-order valence-corrected chi connectivity index (χ1v) is 13.0. The number of benzene rings is 1. The van der Waals surface area contributed by atoms with Crippen molar-refractivity contribution < 1.29 is 13.9 Å². The van der Waals surface area contributed by atoms with Crippen LogP contribution in [0.1, 0.15) is 46.3 Å². The molecule has 5 rings (SSSR count). The Morgan fingerprint density at radius 1 is 1.24 bits per heavy atom. The quantitative estimate of drug-likeness (QED) is 0.308. The van der Waals surface area contributed by atoms with E-state index < -0.39 is 16.8 Å². The van der Waals surface area contributed by atoms with Crippen LogP contribution in [0.15, 0.2) is 32.2 Å². The SMILES string of the molecule is Cc1sc2nc(CS[C@H](C)C(=O)OCc3cc(=O)oc4cc5c(cc34)CCC5)[nH]c(=O)c2c1C. The normalized spacial score (nSPS) is 14.0. The number of aromatic nitrogens is 2. The number of H-pyrrole nitrogens is 1. The number of fused-ring (bicyclic) bond motifs is 3. The van der Waals surface area contributed by atoms with E-state index in [4.69, 9.17) is 9.15 Å². The average Bonchev–Trinajstić information content (AvgIpc) is 3.37. The Bertz CT molecular complexity index is 1550. The third kappa shape index (κ3) is 4.30. The van der Waals surface area contributed by atoms with Gasteiger partial charge in [-0.1, -0.05) is 0 Å². The zero-order chi connectivity index (χ0) is 24.0. The molecule has 0 fully saturated rings. The fraction of sp³-hybridized carbons (Fsp3) is 0.360. The van der Waals surface area contributed by atoms with Crippen LogP contribution >= 0.6 is 23.1 Å². The number of nitrogens with zero attached hydrogens (tertiary/aromatic N) is 1. The van der Waals surface area contributed by atoms with Gasteiger partial charge >= 0.3 is 11.6 Å². The molecule has 0 radical (unpaired) electrons. The number of nitrogens with one attached hydrogen (secondary N) is 1. The lowest BCUT2D eigenvalue weighted by Crippen LogP contribution is -2.18. The summed E-state index contributed by atoms with van der Waals surface area (Å²) in [4.78, 5) is 46.3. The highest BCUT2D eigenvalue weighted by Crippen LogP contribution is 2.29. The van der Waals surface area contributed by atoms with E-state index in [0.717, 1.165) is 35.1 Å². The van der Waals surface area contributed by atoms with Crippen LogP contribution in [0.25, 0.3) is 21.2 Å². The number of thiophene rings is 1. The van der Waals surface area contributed by atoms with E-state index in [1.165, 1.54) is 40.3 Å². The highest BCUT2D eigenvalue weighted by Gasteiger charge is 2.19. The zero-order valence-electron chi connectivity index (χ0n) is 19.1. The van der Waals surface area contributed by atoms with Gasteiger partial charge in [0.25, 0.3) is 5.56 Å². The van der Waals surface area contributed by atoms with Crippen LogP contribution in [0.3, 0.4) is 0 Å². The van der Waals surface area contributed by atoms with E-state index in [9.17, 15) is 14.4 Å². The molecule has 9 heteroatoms. The summed E-state index contributed by atoms with van der Waals surface area (Å²) in [6.45, 7) is 5.65. The third-order valence-electron chi connectivity index (χ3n) is 6.30. The number of thioether (sulfide) groups is 1. The molecule has 3 aromatic heterocycles. The molecular formula is C25H24N2O5S2. The largest absolute Gasteiger partial charge is 0.460 e. The maximum Gasteiger partial charge on any atom is 0.336 e. The number of esters is 1. The van der Waals surface area contributed by atoms with Gasteiger partial charge in [0.15, 0.2) is 0 Å². The standard InChI is InChI=1S/C25H24N2O5S2/c1-12-13(2)34-24-22(12)23(29)26-20(27-24)11-33-14(3)25(30)31-10-17-9-21(28)32-19-8-16-6-4-5-15(16)7-18(17)19/h7-9,14H,4-6,10-11H2,1-3H3,(H,26,27,29)/t14-/m1/s1. The van der Waals surface area contributed by atoms with E-state index in [0.29, 0.717) is 32.9 Å². The Kier molecular flexibility index (Phi) is 6.07. The Morgan fingerprint density at radius 3 is 2.79 bits per heavy atom. The second kappa shape index (κ2) is 9.03. The molecule has 0 bridgehead atoms. The van der Waals surface area contributed by atoms with Crippen molar-refractivity contribution in [1.82, 2.24) is 9.97 Å². The first-order chi connectivity index (χ1) is 16.3. The minimum absolute atomic E-state index is 0.000584. The van der Waals surface area contributed by atoms with Crippen molar-refractivity contribution in [2.24, 2.45) is 0 Å². The van der Waals surface area contributed by atoms with Crippen LogP contribution in [-0.2, 0) is 34.7 Å². The molecule has 1 aromatic carbocycles. The zero-order valence-corrected chi connectivity index (χ0v) is 20.8. The van der Waals surface area contributed by atoms with Gasteiger partial charge in [0.2, 0.25) is 0 Å². The van der Waals surface area contributed by atoms with Crippen LogP contribution in [-0.4, -0.2) is 21.2 Å². The van der Waals surface area contributed by atoms with Gasteiger partial charge in [-0.05, 0) is 68.9 Å². The summed E-state index contributed by atoms with van der Waals surface area (Å²) in [6.07, 6.45) is 3.08. The lowest BCUT2D eigenvalue weighted by molar-refractivity contribution is -0.143. The van der Waals surface area contributed by atoms with Crippen molar-refractivity contribution in [1.29, 1.82) is 0 Å². The van der Waals surface area contributed by atoms with Crippen molar-refractivity contribution in [3.05, 3.63) is 71.9 Å². The molecule has 0 saturated carbocycles. The summed E-state index contributed by atoms with van der Waals surface area (Å²) in [5, 5.41) is 0.974. The fourth-order valence-corrected chi connectivity index (χ4v) is 6.12. The molecule has 0 amide bonds. The van der Waals surface area contributed by atoms with Crippen molar-refractivity contribution in [2.45, 2.75) is 57.6 Å². The summed E-state index contributed by atoms with van der Waals surface area (Å²) in [5.41, 5.74) is 4.00. The Balaban J connectivity index is 1.26. The molecule has 1 aliphatic rings. The van der Waals surface area contributed by atoms with E-state index in [-0.39, 0.29) is 12.2 Å². The smallest absolute Gasteiger partial charge is 0.336 e. The second-order valence-corrected chi connectivity index (χ2v) is 11.1. The molecule has 7 nitrogen and oxygen atoms in total. The molecule has 4 aromatic rings. The number of hydrogen-bond donors (Lipinski definition) is 1. The van der Waals surface area contributed by atoms with E-state index >= 15 is 0 Å². The van der Waals surface area contributed by atoms with Crippen LogP contribution in [0.4, 0.5) is 0 Å². The van der Waals surface area contributed by atoms with E-state index in [1.54, 1.807) is 6.92 Å². The summed E-state index contributed by atoms with van der Waals surface area (Å²) in [7, 11) is 0. The Morgan fingerprint density at radius 2 is 2.00 bits per heavy atom. The molecule has 1 atom stereocenters. The minimum atomic E-state index is -0.469. The molecule has 0 saturated heterocycles. The highest BCUT2D eigenvalue weighted by atomic mass is 32.2. The van der Waals surface area contributed by atoms with Crippen molar-refractivity contribution in [3.63, 3.8) is 0 Å². The Hall–Kier alpha value is -2.91. The first kappa shape index (κ1) is 22.9. The topological polar surface area (TPSA) is 102 Å². The lowest BCUT2D eigenvalue weighted by Gasteiger charge is -2.12. The number of rotatable bonds is 6. The molecule has 1 N–H and O–H groups in total. The van der Waals surface area contributed by atoms with Crippen molar-refractivity contribution >= 4 is 50.3 Å². The molecule has 0 aliphatic heterocycles. The highest BCUT2D eigenvalue weighted by molar-refractivity contribution is 7.99. The van der Waals surface area contributed by atoms with Gasteiger partial charge in [-0.25, -0.2) is 9.78 Å². The predicted molar refractivity (Wildman–Crippen MR) is 135 cm³/mol. The molecule has 0 unspecified atom stereocenters. The number of carbonyl (C=O) groups excluding carboxylic acids is 1. The van der Waals surface area contributed by atoms with E-state index in [1.807, 2.05) is 26.0 Å². The number of aryl methyl sites for hydroxylation is 4. The van der Waals surface area contributed by atoms with Gasteiger partial charge in [0.1, 0.15) is 28.1 Å². The summed E-state index contributed by atoms with van der Waals surface area (Å²) in [6, 6.07) is 5.38. The number of ether oxygens (including phenoxy) is 1. The van der Waals surface area contributed by atoms with Gasteiger partial charge in [0, 0.05) is 21.9 Å². The molecule has 176 valence electrons. The molecule has 34 heavy (non-hydrogen) atoms. The predicted octanol–water partition coefficient (Wildman–Crippen LogP) is 4.56. The second-order valence-electron chi connectivity index (χ2n) is 8.60. The summed E-state index contributed by atoms with van der Waals surface area (Å²) in [5.74, 6) is 0.518. The van der Waals surface area contributed by atoms with Crippen LogP contribution in [0, 0.1) is 13.8 Å². The molecular weight excluding hydrogens is 472 g/mol. The molecule has 1 aliphatic carbocycles. The molecule has 0 spiro atoms. The monoisotopic (exact) mass is 496 g/mol. The first-order valence-electron chi connectivity index (χ1n) is 11.2. The summed E-state index contributed by atoms with van der Waals surface area (Å²) < 4.78 is 10.9. The number of carbonyl (C=O) groups is 1. The average molecular weight is 497 g/mol. The number of hydrogen-bond acceptors (Lipinski definition) is 8. The van der Waals surface area contributed by atoms with Crippen LogP contribution < -0.4 is 11.2 Å². The third-order valence-corrected chi connectivity index (χ3v) is 8.54. The van der Waals surface area contributed by atoms with Gasteiger partial charge < -0.3 is 14.1 Å². The van der Waals surface area contributed by atoms with Gasteiger partial charge in [0.05, 0.1) is 11.1 Å². The van der Waals surface area contributed by atoms with Crippen molar-refractivity contribution in [3.8, 4) is 0 Å². The van der Waals surface area contributed by atoms with E-state index in [2.05, 4.69) is 9.97 Å². The fourth-order valence-electron chi connectivity index (χ4n) is 4.32. The maximum atomic E-state index is 12.6. The van der Waals surface area contributed by atoms with Gasteiger partial charge in [-0.2, -0.15) is 0 Å². The van der Waals surface area contributed by atoms with Gasteiger partial charge in [-0.3, -0.25) is 9.59 Å². The maximum absolute atomic E-state index is 12.6. The lowest BCUT2D eigenvalue weighted by atomic mass is 10.0.